The highest BCUT2D eigenvalue weighted by atomic mass is 16.7. The number of fused-ring (bicyclic) bond motifs is 1. The second-order valence-corrected chi connectivity index (χ2v) is 7.23. The van der Waals surface area contributed by atoms with Crippen molar-refractivity contribution in [1.82, 2.24) is 15.2 Å². The van der Waals surface area contributed by atoms with Crippen LogP contribution in [0.5, 0.6) is 17.2 Å². The van der Waals surface area contributed by atoms with Crippen LogP contribution in [0.15, 0.2) is 36.7 Å². The predicted octanol–water partition coefficient (Wildman–Crippen LogP) is 2.46. The standard InChI is InChI=1S/C21H25N3O4/c1-26-18-8-16(9-19-20(18)28-14-27-19)13-24-7-3-4-15(12-24)10-23-21(25)17-5-2-6-22-11-17/h2,5-6,8-9,11,15H,3-4,7,10,12-14H2,1H3,(H,23,25)/t15-/m0/s1. The molecule has 0 saturated carbocycles. The number of hydrogen-bond donors (Lipinski definition) is 1. The van der Waals surface area contributed by atoms with Crippen molar-refractivity contribution in [1.29, 1.82) is 0 Å². The number of hydrogen-bond acceptors (Lipinski definition) is 6. The van der Waals surface area contributed by atoms with Crippen LogP contribution in [0.3, 0.4) is 0 Å². The van der Waals surface area contributed by atoms with Crippen LogP contribution >= 0.6 is 0 Å². The first-order chi connectivity index (χ1) is 13.7. The molecule has 2 aliphatic heterocycles. The molecule has 1 atom stereocenters. The van der Waals surface area contributed by atoms with Crippen LogP contribution in [0, 0.1) is 5.92 Å². The zero-order valence-electron chi connectivity index (χ0n) is 16.0. The van der Waals surface area contributed by atoms with E-state index in [4.69, 9.17) is 14.2 Å². The van der Waals surface area contributed by atoms with E-state index in [0.717, 1.165) is 43.8 Å². The van der Waals surface area contributed by atoms with E-state index in [-0.39, 0.29) is 12.7 Å². The molecule has 1 fully saturated rings. The molecular formula is C21H25N3O4. The van der Waals surface area contributed by atoms with Gasteiger partial charge >= 0.3 is 0 Å². The number of nitrogens with zero attached hydrogens (tertiary/aromatic N) is 2. The summed E-state index contributed by atoms with van der Waals surface area (Å²) in [7, 11) is 1.64. The normalized spacial score (nSPS) is 18.7. The Bertz CT molecular complexity index is 828. The Hall–Kier alpha value is -2.80. The highest BCUT2D eigenvalue weighted by molar-refractivity contribution is 5.93. The number of methoxy groups -OCH3 is 1. The highest BCUT2D eigenvalue weighted by Gasteiger charge is 2.24. The minimum absolute atomic E-state index is 0.0641. The number of nitrogens with one attached hydrogen (secondary N) is 1. The number of benzene rings is 1. The third-order valence-corrected chi connectivity index (χ3v) is 5.20. The lowest BCUT2D eigenvalue weighted by Gasteiger charge is -2.33. The third-order valence-electron chi connectivity index (χ3n) is 5.20. The molecule has 0 radical (unpaired) electrons. The molecule has 1 amide bonds. The summed E-state index contributed by atoms with van der Waals surface area (Å²) in [6, 6.07) is 7.60. The number of carbonyl (C=O) groups excluding carboxylic acids is 1. The number of rotatable bonds is 6. The molecule has 0 bridgehead atoms. The molecule has 2 aromatic rings. The molecule has 148 valence electrons. The van der Waals surface area contributed by atoms with Crippen LogP contribution in [-0.4, -0.2) is 49.3 Å². The lowest BCUT2D eigenvalue weighted by Crippen LogP contribution is -2.40. The van der Waals surface area contributed by atoms with E-state index in [1.165, 1.54) is 0 Å². The molecular weight excluding hydrogens is 358 g/mol. The van der Waals surface area contributed by atoms with Gasteiger partial charge in [-0.1, -0.05) is 0 Å². The Balaban J connectivity index is 1.34. The quantitative estimate of drug-likeness (QED) is 0.826. The largest absolute Gasteiger partial charge is 0.493 e. The average molecular weight is 383 g/mol. The van der Waals surface area contributed by atoms with E-state index >= 15 is 0 Å². The van der Waals surface area contributed by atoms with E-state index in [0.29, 0.717) is 29.5 Å². The van der Waals surface area contributed by atoms with Crippen LogP contribution in [-0.2, 0) is 6.54 Å². The van der Waals surface area contributed by atoms with Crippen molar-refractivity contribution >= 4 is 5.91 Å². The molecule has 0 spiro atoms. The van der Waals surface area contributed by atoms with Crippen molar-refractivity contribution in [2.24, 2.45) is 5.92 Å². The number of ether oxygens (including phenoxy) is 3. The highest BCUT2D eigenvalue weighted by Crippen LogP contribution is 2.42. The summed E-state index contributed by atoms with van der Waals surface area (Å²) >= 11 is 0. The number of piperidine rings is 1. The van der Waals surface area contributed by atoms with E-state index in [1.54, 1.807) is 31.6 Å². The molecule has 7 nitrogen and oxygen atoms in total. The molecule has 0 unspecified atom stereocenters. The van der Waals surface area contributed by atoms with Crippen molar-refractivity contribution in [3.63, 3.8) is 0 Å². The smallest absolute Gasteiger partial charge is 0.252 e. The molecule has 0 aliphatic carbocycles. The maximum atomic E-state index is 12.2. The second-order valence-electron chi connectivity index (χ2n) is 7.23. The minimum Gasteiger partial charge on any atom is -0.493 e. The van der Waals surface area contributed by atoms with Gasteiger partial charge in [0.05, 0.1) is 12.7 Å². The first-order valence-electron chi connectivity index (χ1n) is 9.60. The molecule has 28 heavy (non-hydrogen) atoms. The molecule has 1 aromatic heterocycles. The lowest BCUT2D eigenvalue weighted by atomic mass is 9.97. The van der Waals surface area contributed by atoms with E-state index in [2.05, 4.69) is 15.2 Å². The van der Waals surface area contributed by atoms with Crippen molar-refractivity contribution in [2.75, 3.05) is 33.5 Å². The Kier molecular flexibility index (Phi) is 5.62. The average Bonchev–Trinajstić information content (AvgIpc) is 3.21. The zero-order valence-corrected chi connectivity index (χ0v) is 16.0. The monoisotopic (exact) mass is 383 g/mol. The fraction of sp³-hybridized carbons (Fsp3) is 0.429. The topological polar surface area (TPSA) is 72.9 Å². The maximum Gasteiger partial charge on any atom is 0.252 e. The second kappa shape index (κ2) is 8.48. The Labute approximate surface area is 164 Å². The first-order valence-corrected chi connectivity index (χ1v) is 9.60. The van der Waals surface area contributed by atoms with Gasteiger partial charge < -0.3 is 19.5 Å². The van der Waals surface area contributed by atoms with E-state index in [1.807, 2.05) is 12.1 Å². The molecule has 1 N–H and O–H groups in total. The summed E-state index contributed by atoms with van der Waals surface area (Å²) in [5.41, 5.74) is 1.74. The predicted molar refractivity (Wildman–Crippen MR) is 104 cm³/mol. The summed E-state index contributed by atoms with van der Waals surface area (Å²) in [5, 5.41) is 3.04. The van der Waals surface area contributed by atoms with Crippen LogP contribution in [0.1, 0.15) is 28.8 Å². The van der Waals surface area contributed by atoms with Crippen molar-refractivity contribution < 1.29 is 19.0 Å². The number of pyridine rings is 1. The summed E-state index contributed by atoms with van der Waals surface area (Å²) < 4.78 is 16.4. The third kappa shape index (κ3) is 4.20. The fourth-order valence-electron chi connectivity index (χ4n) is 3.83. The summed E-state index contributed by atoms with van der Waals surface area (Å²) in [5.74, 6) is 2.51. The van der Waals surface area contributed by atoms with Crippen molar-refractivity contribution in [2.45, 2.75) is 19.4 Å². The van der Waals surface area contributed by atoms with Gasteiger partial charge in [0.1, 0.15) is 0 Å². The Morgan fingerprint density at radius 3 is 3.14 bits per heavy atom. The molecule has 2 aliphatic rings. The van der Waals surface area contributed by atoms with Gasteiger partial charge in [0.2, 0.25) is 12.5 Å². The number of amides is 1. The number of carbonyl (C=O) groups is 1. The van der Waals surface area contributed by atoms with Gasteiger partial charge in [0.15, 0.2) is 11.5 Å². The van der Waals surface area contributed by atoms with Gasteiger partial charge in [-0.15, -0.1) is 0 Å². The Morgan fingerprint density at radius 2 is 2.32 bits per heavy atom. The maximum absolute atomic E-state index is 12.2. The first kappa shape index (κ1) is 18.6. The lowest BCUT2D eigenvalue weighted by molar-refractivity contribution is 0.0930. The van der Waals surface area contributed by atoms with Gasteiger partial charge in [0, 0.05) is 32.0 Å². The van der Waals surface area contributed by atoms with Crippen molar-refractivity contribution in [3.05, 3.63) is 47.8 Å². The van der Waals surface area contributed by atoms with Crippen LogP contribution in [0.25, 0.3) is 0 Å². The molecule has 1 aromatic carbocycles. The van der Waals surface area contributed by atoms with Gasteiger partial charge in [-0.05, 0) is 55.1 Å². The summed E-state index contributed by atoms with van der Waals surface area (Å²) in [6.45, 7) is 3.72. The van der Waals surface area contributed by atoms with Crippen LogP contribution in [0.2, 0.25) is 0 Å². The van der Waals surface area contributed by atoms with Gasteiger partial charge in [-0.2, -0.15) is 0 Å². The summed E-state index contributed by atoms with van der Waals surface area (Å²) in [4.78, 5) is 18.7. The van der Waals surface area contributed by atoms with Crippen LogP contribution < -0.4 is 19.5 Å². The van der Waals surface area contributed by atoms with Gasteiger partial charge in [-0.25, -0.2) is 0 Å². The fourth-order valence-corrected chi connectivity index (χ4v) is 3.83. The molecule has 7 heteroatoms. The van der Waals surface area contributed by atoms with Crippen LogP contribution in [0.4, 0.5) is 0 Å². The minimum atomic E-state index is -0.0641. The molecule has 3 heterocycles. The summed E-state index contributed by atoms with van der Waals surface area (Å²) in [6.07, 6.45) is 5.50. The van der Waals surface area contributed by atoms with E-state index in [9.17, 15) is 4.79 Å². The number of likely N-dealkylation sites (tertiary alicyclic amines) is 1. The van der Waals surface area contributed by atoms with Gasteiger partial charge in [-0.3, -0.25) is 14.7 Å². The Morgan fingerprint density at radius 1 is 1.39 bits per heavy atom. The van der Waals surface area contributed by atoms with E-state index < -0.39 is 0 Å². The van der Waals surface area contributed by atoms with Crippen molar-refractivity contribution in [3.8, 4) is 17.2 Å². The SMILES string of the molecule is COc1cc(CN2CCC[C@@H](CNC(=O)c3cccnc3)C2)cc2c1OCO2. The van der Waals surface area contributed by atoms with Gasteiger partial charge in [0.25, 0.3) is 5.91 Å². The number of aromatic nitrogens is 1. The zero-order chi connectivity index (χ0) is 19.3. The molecule has 4 rings (SSSR count). The molecule has 1 saturated heterocycles.